The molecule has 0 saturated carbocycles. The third kappa shape index (κ3) is 4.42. The molecule has 11 heteroatoms. The predicted octanol–water partition coefficient (Wildman–Crippen LogP) is 5.08. The van der Waals surface area contributed by atoms with E-state index >= 15 is 0 Å². The number of halogens is 2. The molecule has 2 aromatic heterocycles. The van der Waals surface area contributed by atoms with Crippen LogP contribution in [-0.4, -0.2) is 36.2 Å². The van der Waals surface area contributed by atoms with Gasteiger partial charge in [-0.3, -0.25) is 4.79 Å². The number of benzene rings is 1. The number of thiophene rings is 1. The monoisotopic (exact) mass is 531 g/mol. The van der Waals surface area contributed by atoms with Crippen molar-refractivity contribution in [3.63, 3.8) is 0 Å². The molecule has 0 spiro atoms. The maximum Gasteiger partial charge on any atom is 0.244 e. The molecule has 3 heterocycles. The molecule has 1 atom stereocenters. The van der Waals surface area contributed by atoms with E-state index in [1.165, 1.54) is 39.9 Å². The van der Waals surface area contributed by atoms with Gasteiger partial charge in [0.15, 0.2) is 5.13 Å². The molecule has 0 radical (unpaired) electrons. The molecule has 1 aliphatic rings. The van der Waals surface area contributed by atoms with Gasteiger partial charge in [-0.25, -0.2) is 13.4 Å². The lowest BCUT2D eigenvalue weighted by molar-refractivity contribution is -0.119. The summed E-state index contributed by atoms with van der Waals surface area (Å²) >= 11 is 12.1. The van der Waals surface area contributed by atoms with Crippen molar-refractivity contribution in [2.24, 2.45) is 0 Å². The Balaban J connectivity index is 1.51. The molecular weight excluding hydrogens is 518 g/mol. The van der Waals surface area contributed by atoms with E-state index in [2.05, 4.69) is 26.2 Å². The zero-order valence-corrected chi connectivity index (χ0v) is 19.6. The first kappa shape index (κ1) is 21.0. The lowest BCUT2D eigenvalue weighted by Crippen LogP contribution is -2.43. The highest BCUT2D eigenvalue weighted by atomic mass is 79.9. The van der Waals surface area contributed by atoms with Crippen LogP contribution >= 0.6 is 50.2 Å². The second-order valence-electron chi connectivity index (χ2n) is 6.36. The van der Waals surface area contributed by atoms with Gasteiger partial charge < -0.3 is 5.32 Å². The smallest absolute Gasteiger partial charge is 0.244 e. The molecular formula is C18H15BrClN3O3S3. The molecule has 29 heavy (non-hydrogen) atoms. The van der Waals surface area contributed by atoms with E-state index in [-0.39, 0.29) is 10.8 Å². The highest BCUT2D eigenvalue weighted by molar-refractivity contribution is 9.11. The molecule has 4 rings (SSSR count). The average molecular weight is 533 g/mol. The van der Waals surface area contributed by atoms with Gasteiger partial charge in [0.2, 0.25) is 15.9 Å². The van der Waals surface area contributed by atoms with Gasteiger partial charge >= 0.3 is 0 Å². The summed E-state index contributed by atoms with van der Waals surface area (Å²) in [5.41, 5.74) is 0.776. The average Bonchev–Trinajstić information content (AvgIpc) is 3.42. The number of aromatic nitrogens is 1. The molecule has 3 aromatic rings. The minimum absolute atomic E-state index is 0.126. The van der Waals surface area contributed by atoms with Crippen molar-refractivity contribution in [3.8, 4) is 10.6 Å². The quantitative estimate of drug-likeness (QED) is 0.497. The van der Waals surface area contributed by atoms with Gasteiger partial charge in [0.25, 0.3) is 0 Å². The van der Waals surface area contributed by atoms with E-state index in [1.54, 1.807) is 11.3 Å². The molecule has 1 aliphatic heterocycles. The number of rotatable bonds is 5. The standard InChI is InChI=1S/C18H15BrClN3O3S3/c19-16-8-7-15(28-16)13-10-27-18(21-13)22-17(24)14-2-1-9-23(14)29(25,26)12-5-3-11(20)4-6-12/h3-8,10,14H,1-2,9H2,(H,21,22,24). The van der Waals surface area contributed by atoms with Crippen LogP contribution in [0.3, 0.4) is 0 Å². The largest absolute Gasteiger partial charge is 0.301 e. The van der Waals surface area contributed by atoms with Crippen LogP contribution in [0.5, 0.6) is 0 Å². The highest BCUT2D eigenvalue weighted by Gasteiger charge is 2.39. The maximum atomic E-state index is 13.0. The third-order valence-corrected chi connectivity index (χ3v) is 9.06. The van der Waals surface area contributed by atoms with Crippen LogP contribution in [0.25, 0.3) is 10.6 Å². The van der Waals surface area contributed by atoms with Crippen molar-refractivity contribution in [2.75, 3.05) is 11.9 Å². The van der Waals surface area contributed by atoms with Gasteiger partial charge in [-0.05, 0) is 65.2 Å². The summed E-state index contributed by atoms with van der Waals surface area (Å²) in [6, 6.07) is 9.09. The van der Waals surface area contributed by atoms with Crippen LogP contribution < -0.4 is 5.32 Å². The molecule has 6 nitrogen and oxygen atoms in total. The normalized spacial score (nSPS) is 17.5. The minimum atomic E-state index is -3.78. The van der Waals surface area contributed by atoms with Crippen molar-refractivity contribution in [1.82, 2.24) is 9.29 Å². The number of amides is 1. The number of sulfonamides is 1. The van der Waals surface area contributed by atoms with E-state index < -0.39 is 16.1 Å². The number of thiazole rings is 1. The number of carbonyl (C=O) groups excluding carboxylic acids is 1. The lowest BCUT2D eigenvalue weighted by atomic mass is 10.2. The number of nitrogens with one attached hydrogen (secondary N) is 1. The summed E-state index contributed by atoms with van der Waals surface area (Å²) in [5, 5.41) is 5.55. The summed E-state index contributed by atoms with van der Waals surface area (Å²) in [5.74, 6) is -0.367. The molecule has 1 saturated heterocycles. The predicted molar refractivity (Wildman–Crippen MR) is 120 cm³/mol. The summed E-state index contributed by atoms with van der Waals surface area (Å²) in [6.07, 6.45) is 1.09. The van der Waals surface area contributed by atoms with E-state index in [1.807, 2.05) is 17.5 Å². The van der Waals surface area contributed by atoms with Crippen molar-refractivity contribution in [3.05, 3.63) is 50.6 Å². The van der Waals surface area contributed by atoms with Gasteiger partial charge in [0, 0.05) is 16.9 Å². The van der Waals surface area contributed by atoms with Crippen molar-refractivity contribution in [2.45, 2.75) is 23.8 Å². The van der Waals surface area contributed by atoms with Gasteiger partial charge in [-0.1, -0.05) is 11.6 Å². The van der Waals surface area contributed by atoms with Crippen molar-refractivity contribution in [1.29, 1.82) is 0 Å². The van der Waals surface area contributed by atoms with E-state index in [0.29, 0.717) is 29.5 Å². The van der Waals surface area contributed by atoms with E-state index in [9.17, 15) is 13.2 Å². The Morgan fingerprint density at radius 3 is 2.69 bits per heavy atom. The van der Waals surface area contributed by atoms with Gasteiger partial charge in [0.1, 0.15) is 6.04 Å². The number of anilines is 1. The summed E-state index contributed by atoms with van der Waals surface area (Å²) in [6.45, 7) is 0.301. The Kier molecular flexibility index (Phi) is 6.10. The molecule has 1 unspecified atom stereocenters. The van der Waals surface area contributed by atoms with Gasteiger partial charge in [-0.15, -0.1) is 22.7 Å². The second-order valence-corrected chi connectivity index (χ2v) is 12.0. The number of hydrogen-bond donors (Lipinski definition) is 1. The Bertz CT molecular complexity index is 1140. The Labute approximate surface area is 189 Å². The Morgan fingerprint density at radius 1 is 1.24 bits per heavy atom. The fourth-order valence-corrected chi connectivity index (χ4v) is 7.03. The van der Waals surface area contributed by atoms with Crippen LogP contribution in [-0.2, 0) is 14.8 Å². The van der Waals surface area contributed by atoms with E-state index in [4.69, 9.17) is 11.6 Å². The van der Waals surface area contributed by atoms with Crippen LogP contribution in [0, 0.1) is 0 Å². The van der Waals surface area contributed by atoms with Crippen LogP contribution in [0.1, 0.15) is 12.8 Å². The first-order valence-corrected chi connectivity index (χ1v) is 12.9. The fourth-order valence-electron chi connectivity index (χ4n) is 3.12. The lowest BCUT2D eigenvalue weighted by Gasteiger charge is -2.23. The maximum absolute atomic E-state index is 13.0. The van der Waals surface area contributed by atoms with E-state index in [0.717, 1.165) is 14.4 Å². The molecule has 1 fully saturated rings. The van der Waals surface area contributed by atoms with Crippen LogP contribution in [0.2, 0.25) is 5.02 Å². The second kappa shape index (κ2) is 8.44. The van der Waals surface area contributed by atoms with Crippen molar-refractivity contribution < 1.29 is 13.2 Å². The number of hydrogen-bond acceptors (Lipinski definition) is 6. The van der Waals surface area contributed by atoms with Crippen molar-refractivity contribution >= 4 is 71.3 Å². The number of nitrogens with zero attached hydrogens (tertiary/aromatic N) is 2. The fraction of sp³-hybridized carbons (Fsp3) is 0.222. The summed E-state index contributed by atoms with van der Waals surface area (Å²) in [7, 11) is -3.78. The molecule has 1 aromatic carbocycles. The number of carbonyl (C=O) groups is 1. The summed E-state index contributed by atoms with van der Waals surface area (Å²) in [4.78, 5) is 18.4. The first-order valence-electron chi connectivity index (χ1n) is 8.64. The first-order chi connectivity index (χ1) is 13.8. The minimum Gasteiger partial charge on any atom is -0.301 e. The Morgan fingerprint density at radius 2 is 2.00 bits per heavy atom. The summed E-state index contributed by atoms with van der Waals surface area (Å²) < 4.78 is 28.2. The molecule has 1 amide bonds. The zero-order valence-electron chi connectivity index (χ0n) is 14.8. The molecule has 0 bridgehead atoms. The SMILES string of the molecule is O=C(Nc1nc(-c2ccc(Br)s2)cs1)C1CCCN1S(=O)(=O)c1ccc(Cl)cc1. The van der Waals surface area contributed by atoms with Gasteiger partial charge in [0.05, 0.1) is 19.3 Å². The Hall–Kier alpha value is -1.30. The molecule has 1 N–H and O–H groups in total. The highest BCUT2D eigenvalue weighted by Crippen LogP contribution is 2.33. The van der Waals surface area contributed by atoms with Crippen LogP contribution in [0.4, 0.5) is 5.13 Å². The molecule has 0 aliphatic carbocycles. The third-order valence-electron chi connectivity index (χ3n) is 4.49. The topological polar surface area (TPSA) is 79.4 Å². The molecule has 152 valence electrons. The van der Waals surface area contributed by atoms with Crippen LogP contribution in [0.15, 0.2) is 50.5 Å². The zero-order chi connectivity index (χ0) is 20.6. The van der Waals surface area contributed by atoms with Gasteiger partial charge in [-0.2, -0.15) is 4.31 Å².